The molecule has 7 rings (SSSR count). The maximum atomic E-state index is 14.1. The number of allylic oxidation sites excluding steroid dienone is 1. The Kier molecular flexibility index (Phi) is 7.55. The smallest absolute Gasteiger partial charge is 0.271 e. The van der Waals surface area contributed by atoms with E-state index in [2.05, 4.69) is 52.3 Å². The van der Waals surface area contributed by atoms with Crippen LogP contribution in [-0.2, 0) is 13.0 Å². The fraction of sp³-hybridized carbons (Fsp3) is 0.143. The molecule has 5 nitrogen and oxygen atoms in total. The van der Waals surface area contributed by atoms with Crippen molar-refractivity contribution in [2.75, 3.05) is 7.11 Å². The molecule has 43 heavy (non-hydrogen) atoms. The largest absolute Gasteiger partial charge is 0.493 e. The minimum Gasteiger partial charge on any atom is -0.493 e. The molecule has 4 aromatic carbocycles. The lowest BCUT2D eigenvalue weighted by molar-refractivity contribution is 0.282. The molecule has 0 N–H and O–H groups in total. The van der Waals surface area contributed by atoms with Gasteiger partial charge in [0.25, 0.3) is 5.56 Å². The van der Waals surface area contributed by atoms with Gasteiger partial charge in [-0.15, -0.1) is 0 Å². The van der Waals surface area contributed by atoms with Crippen LogP contribution in [0.1, 0.15) is 40.3 Å². The monoisotopic (exact) mass is 668 g/mol. The van der Waals surface area contributed by atoms with Crippen LogP contribution in [0.5, 0.6) is 11.5 Å². The van der Waals surface area contributed by atoms with Gasteiger partial charge in [-0.1, -0.05) is 89.7 Å². The zero-order valence-electron chi connectivity index (χ0n) is 23.2. The number of hydrogen-bond donors (Lipinski definition) is 0. The van der Waals surface area contributed by atoms with Crippen LogP contribution in [0, 0.1) is 0 Å². The summed E-state index contributed by atoms with van der Waals surface area (Å²) in [5, 5.41) is 0.678. The summed E-state index contributed by atoms with van der Waals surface area (Å²) in [6.07, 6.45) is 3.69. The van der Waals surface area contributed by atoms with Crippen LogP contribution in [0.2, 0.25) is 5.02 Å². The van der Waals surface area contributed by atoms with Crippen molar-refractivity contribution in [1.29, 1.82) is 0 Å². The number of ether oxygens (including phenoxy) is 2. The number of benzene rings is 4. The maximum Gasteiger partial charge on any atom is 0.271 e. The number of fused-ring (bicyclic) bond motifs is 3. The van der Waals surface area contributed by atoms with Crippen LogP contribution in [0.4, 0.5) is 0 Å². The third-order valence-electron chi connectivity index (χ3n) is 7.83. The number of methoxy groups -OCH3 is 1. The Morgan fingerprint density at radius 2 is 1.79 bits per heavy atom. The first-order chi connectivity index (χ1) is 21.0. The zero-order valence-corrected chi connectivity index (χ0v) is 26.4. The van der Waals surface area contributed by atoms with Crippen LogP contribution >= 0.6 is 38.9 Å². The van der Waals surface area contributed by atoms with Crippen molar-refractivity contribution in [2.24, 2.45) is 4.99 Å². The first-order valence-corrected chi connectivity index (χ1v) is 15.9. The number of aryl methyl sites for hydroxylation is 1. The standard InChI is InChI=1S/C35H26BrClN2O3S/c1-41-29-18-22(17-28(36)33(29)42-20-21-11-14-25(37)15-12-21)19-30-34(40)39-32(24-8-3-2-4-9-24)27-16-13-23-7-5-6-10-26(23)31(27)38-35(39)43-30/h2-12,14-15,17-19,32H,13,16,20H2,1H3/b30-19+/t32-/m0/s1. The second kappa shape index (κ2) is 11.6. The molecule has 0 radical (unpaired) electrons. The van der Waals surface area contributed by atoms with Crippen molar-refractivity contribution >= 4 is 50.6 Å². The van der Waals surface area contributed by atoms with E-state index >= 15 is 0 Å². The van der Waals surface area contributed by atoms with Crippen LogP contribution in [-0.4, -0.2) is 11.7 Å². The van der Waals surface area contributed by atoms with E-state index in [9.17, 15) is 4.79 Å². The average Bonchev–Trinajstić information content (AvgIpc) is 3.34. The van der Waals surface area contributed by atoms with Crippen LogP contribution in [0.25, 0.3) is 11.8 Å². The first kappa shape index (κ1) is 27.9. The van der Waals surface area contributed by atoms with E-state index < -0.39 is 0 Å². The molecule has 5 aromatic rings. The molecule has 0 spiro atoms. The van der Waals surface area contributed by atoms with E-state index in [1.54, 1.807) is 7.11 Å². The summed E-state index contributed by atoms with van der Waals surface area (Å²) >= 11 is 11.1. The zero-order chi connectivity index (χ0) is 29.5. The molecule has 0 amide bonds. The van der Waals surface area contributed by atoms with Crippen LogP contribution in [0.3, 0.4) is 0 Å². The van der Waals surface area contributed by atoms with E-state index in [1.807, 2.05) is 65.2 Å². The molecule has 0 saturated carbocycles. The molecule has 8 heteroatoms. The number of thiazole rings is 1. The highest BCUT2D eigenvalue weighted by molar-refractivity contribution is 9.10. The topological polar surface area (TPSA) is 52.8 Å². The van der Waals surface area contributed by atoms with Gasteiger partial charge >= 0.3 is 0 Å². The van der Waals surface area contributed by atoms with Crippen LogP contribution < -0.4 is 24.4 Å². The van der Waals surface area contributed by atoms with Gasteiger partial charge in [0.1, 0.15) is 6.61 Å². The molecule has 214 valence electrons. The fourth-order valence-electron chi connectivity index (χ4n) is 5.81. The second-order valence-corrected chi connectivity index (χ2v) is 12.8. The summed E-state index contributed by atoms with van der Waals surface area (Å²) in [4.78, 5) is 19.9. The summed E-state index contributed by atoms with van der Waals surface area (Å²) in [5.41, 5.74) is 7.48. The highest BCUT2D eigenvalue weighted by Crippen LogP contribution is 2.41. The fourth-order valence-corrected chi connectivity index (χ4v) is 7.51. The Labute approximate surface area is 266 Å². The molecule has 0 bridgehead atoms. The summed E-state index contributed by atoms with van der Waals surface area (Å²) in [6, 6.07) is 29.9. The number of halogens is 2. The normalized spacial score (nSPS) is 15.8. The first-order valence-electron chi connectivity index (χ1n) is 13.9. The molecule has 1 aliphatic carbocycles. The third kappa shape index (κ3) is 5.26. The van der Waals surface area contributed by atoms with Gasteiger partial charge in [-0.05, 0) is 86.9 Å². The average molecular weight is 670 g/mol. The predicted molar refractivity (Wildman–Crippen MR) is 176 cm³/mol. The summed E-state index contributed by atoms with van der Waals surface area (Å²) < 4.78 is 15.0. The number of rotatable bonds is 6. The Bertz CT molecular complexity index is 2070. The van der Waals surface area contributed by atoms with Gasteiger partial charge in [-0.25, -0.2) is 4.99 Å². The van der Waals surface area contributed by atoms with Crippen molar-refractivity contribution in [1.82, 2.24) is 4.57 Å². The van der Waals surface area contributed by atoms with Gasteiger partial charge in [0, 0.05) is 10.6 Å². The van der Waals surface area contributed by atoms with E-state index in [1.165, 1.54) is 22.5 Å². The number of hydrogen-bond acceptors (Lipinski definition) is 5. The van der Waals surface area contributed by atoms with Crippen molar-refractivity contribution in [2.45, 2.75) is 25.5 Å². The van der Waals surface area contributed by atoms with E-state index in [0.717, 1.165) is 45.3 Å². The molecule has 0 fully saturated rings. The van der Waals surface area contributed by atoms with Gasteiger partial charge in [0.15, 0.2) is 16.3 Å². The van der Waals surface area contributed by atoms with E-state index in [4.69, 9.17) is 26.1 Å². The van der Waals surface area contributed by atoms with Crippen LogP contribution in [0.15, 0.2) is 111 Å². The molecule has 1 atom stereocenters. The molecule has 2 aliphatic rings. The second-order valence-electron chi connectivity index (χ2n) is 10.5. The number of nitrogens with zero attached hydrogens (tertiary/aromatic N) is 2. The Hall–Kier alpha value is -3.91. The minimum absolute atomic E-state index is 0.0545. The van der Waals surface area contributed by atoms with E-state index in [-0.39, 0.29) is 11.6 Å². The Morgan fingerprint density at radius 1 is 1.02 bits per heavy atom. The summed E-state index contributed by atoms with van der Waals surface area (Å²) in [5.74, 6) is 1.16. The lowest BCUT2D eigenvalue weighted by Crippen LogP contribution is -2.38. The predicted octanol–water partition coefficient (Wildman–Crippen LogP) is 7.32. The molecule has 1 aliphatic heterocycles. The quantitative estimate of drug-likeness (QED) is 0.190. The molecule has 1 aromatic heterocycles. The Morgan fingerprint density at radius 3 is 2.58 bits per heavy atom. The number of aromatic nitrogens is 1. The summed E-state index contributed by atoms with van der Waals surface area (Å²) in [6.45, 7) is 0.358. The van der Waals surface area contributed by atoms with Gasteiger partial charge < -0.3 is 9.47 Å². The molecular weight excluding hydrogens is 644 g/mol. The van der Waals surface area contributed by atoms with Gasteiger partial charge in [-0.3, -0.25) is 9.36 Å². The molecule has 0 unspecified atom stereocenters. The summed E-state index contributed by atoms with van der Waals surface area (Å²) in [7, 11) is 1.61. The lowest BCUT2D eigenvalue weighted by atomic mass is 9.83. The SMILES string of the molecule is COc1cc(/C=c2/sc3n(c2=O)[C@@H](c2ccccc2)C2=C(N=3)c3ccccc3CC2)cc(Br)c1OCc1ccc(Cl)cc1. The Balaban J connectivity index is 1.31. The molecule has 2 heterocycles. The maximum absolute atomic E-state index is 14.1. The minimum atomic E-state index is -0.201. The van der Waals surface area contributed by atoms with Crippen molar-refractivity contribution in [3.05, 3.63) is 154 Å². The van der Waals surface area contributed by atoms with Crippen molar-refractivity contribution in [3.8, 4) is 11.5 Å². The van der Waals surface area contributed by atoms with Gasteiger partial charge in [0.05, 0.1) is 27.9 Å². The molecular formula is C35H26BrClN2O3S. The van der Waals surface area contributed by atoms with E-state index in [0.29, 0.717) is 32.5 Å². The lowest BCUT2D eigenvalue weighted by Gasteiger charge is -2.30. The van der Waals surface area contributed by atoms with Crippen molar-refractivity contribution in [3.63, 3.8) is 0 Å². The highest BCUT2D eigenvalue weighted by Gasteiger charge is 2.32. The highest BCUT2D eigenvalue weighted by atomic mass is 79.9. The third-order valence-corrected chi connectivity index (χ3v) is 9.66. The molecule has 0 saturated heterocycles. The van der Waals surface area contributed by atoms with Gasteiger partial charge in [0.2, 0.25) is 0 Å². The van der Waals surface area contributed by atoms with Gasteiger partial charge in [-0.2, -0.15) is 0 Å². The van der Waals surface area contributed by atoms with Crippen molar-refractivity contribution < 1.29 is 9.47 Å².